The third-order valence-corrected chi connectivity index (χ3v) is 11.7. The van der Waals surface area contributed by atoms with E-state index in [4.69, 9.17) is 14.2 Å². The van der Waals surface area contributed by atoms with E-state index < -0.39 is 18.1 Å². The number of carbonyl (C=O) groups excluding carboxylic acids is 2. The molecule has 0 aliphatic rings. The number of quaternary nitrogens is 1. The van der Waals surface area contributed by atoms with Crippen LogP contribution in [0.4, 0.5) is 0 Å². The summed E-state index contributed by atoms with van der Waals surface area (Å²) in [4.78, 5) is 37.2. The van der Waals surface area contributed by atoms with Crippen LogP contribution in [0.3, 0.4) is 0 Å². The van der Waals surface area contributed by atoms with E-state index in [1.165, 1.54) is 128 Å². The second-order valence-corrected chi connectivity index (χ2v) is 18.7. The lowest BCUT2D eigenvalue weighted by atomic mass is 10.0. The Bertz CT molecular complexity index is 1170. The van der Waals surface area contributed by atoms with Crippen LogP contribution < -0.4 is 0 Å². The molecule has 0 heterocycles. The van der Waals surface area contributed by atoms with Crippen LogP contribution in [0.5, 0.6) is 0 Å². The Morgan fingerprint density at radius 2 is 0.889 bits per heavy atom. The molecule has 366 valence electrons. The topological polar surface area (TPSA) is 99.1 Å². The van der Waals surface area contributed by atoms with Crippen LogP contribution in [0.15, 0.2) is 48.6 Å². The fourth-order valence-corrected chi connectivity index (χ4v) is 7.69. The highest BCUT2D eigenvalue weighted by molar-refractivity contribution is 5.72. The first-order valence-corrected chi connectivity index (χ1v) is 26.2. The van der Waals surface area contributed by atoms with Gasteiger partial charge in [-0.05, 0) is 70.6 Å². The van der Waals surface area contributed by atoms with Crippen LogP contribution >= 0.6 is 0 Å². The predicted molar refractivity (Wildman–Crippen MR) is 266 cm³/mol. The first-order valence-electron chi connectivity index (χ1n) is 26.2. The summed E-state index contributed by atoms with van der Waals surface area (Å²) in [7, 11) is 5.54. The number of nitrogens with zero attached hydrogens (tertiary/aromatic N) is 1. The molecule has 2 unspecified atom stereocenters. The lowest BCUT2D eigenvalue weighted by Crippen LogP contribution is -2.50. The van der Waals surface area contributed by atoms with Gasteiger partial charge >= 0.3 is 17.9 Å². The molecule has 0 aromatic carbocycles. The first-order chi connectivity index (χ1) is 30.6. The summed E-state index contributed by atoms with van der Waals surface area (Å²) >= 11 is 0. The molecule has 0 rings (SSSR count). The third kappa shape index (κ3) is 44.3. The third-order valence-electron chi connectivity index (χ3n) is 11.7. The van der Waals surface area contributed by atoms with Crippen LogP contribution in [0.2, 0.25) is 0 Å². The summed E-state index contributed by atoms with van der Waals surface area (Å²) in [6, 6.07) is -0.617. The van der Waals surface area contributed by atoms with Gasteiger partial charge in [-0.1, -0.05) is 191 Å². The second kappa shape index (κ2) is 45.8. The molecule has 63 heavy (non-hydrogen) atoms. The minimum Gasteiger partial charge on any atom is -0.477 e. The number of ether oxygens (including phenoxy) is 3. The summed E-state index contributed by atoms with van der Waals surface area (Å²) in [5.74, 6) is -1.47. The van der Waals surface area contributed by atoms with E-state index in [1.54, 1.807) is 0 Å². The number of esters is 2. The van der Waals surface area contributed by atoms with E-state index in [0.717, 1.165) is 70.6 Å². The van der Waals surface area contributed by atoms with Gasteiger partial charge in [-0.2, -0.15) is 0 Å². The fourth-order valence-electron chi connectivity index (χ4n) is 7.69. The molecule has 0 amide bonds. The highest BCUT2D eigenvalue weighted by Crippen LogP contribution is 2.15. The van der Waals surface area contributed by atoms with Gasteiger partial charge in [0.15, 0.2) is 12.1 Å². The normalized spacial score (nSPS) is 13.2. The van der Waals surface area contributed by atoms with Crippen LogP contribution in [-0.2, 0) is 28.6 Å². The Labute approximate surface area is 388 Å². The number of allylic oxidation sites excluding steroid dienone is 8. The largest absolute Gasteiger partial charge is 0.477 e. The zero-order valence-electron chi connectivity index (χ0n) is 41.8. The van der Waals surface area contributed by atoms with Crippen LogP contribution in [0.1, 0.15) is 232 Å². The van der Waals surface area contributed by atoms with Crippen molar-refractivity contribution in [2.75, 3.05) is 41.0 Å². The molecule has 0 saturated heterocycles. The number of unbranched alkanes of at least 4 members (excludes halogenated alkanes) is 25. The first kappa shape index (κ1) is 60.3. The monoisotopic (exact) mass is 887 g/mol. The number of hydrogen-bond donors (Lipinski definition) is 1. The van der Waals surface area contributed by atoms with Crippen molar-refractivity contribution >= 4 is 17.9 Å². The van der Waals surface area contributed by atoms with E-state index in [9.17, 15) is 19.5 Å². The van der Waals surface area contributed by atoms with Gasteiger partial charge in [-0.3, -0.25) is 9.59 Å². The Kier molecular flexibility index (Phi) is 43.9. The van der Waals surface area contributed by atoms with Gasteiger partial charge in [-0.25, -0.2) is 4.79 Å². The van der Waals surface area contributed by atoms with Gasteiger partial charge in [0, 0.05) is 19.3 Å². The molecular formula is C55H100NO7+. The Balaban J connectivity index is 4.23. The van der Waals surface area contributed by atoms with Gasteiger partial charge < -0.3 is 23.8 Å². The molecule has 0 fully saturated rings. The van der Waals surface area contributed by atoms with Gasteiger partial charge in [0.25, 0.3) is 0 Å². The molecule has 0 aromatic rings. The molecule has 0 aromatic heterocycles. The summed E-state index contributed by atoms with van der Waals surface area (Å²) < 4.78 is 17.4. The zero-order chi connectivity index (χ0) is 46.3. The van der Waals surface area contributed by atoms with Crippen molar-refractivity contribution in [3.8, 4) is 0 Å². The van der Waals surface area contributed by atoms with Gasteiger partial charge in [0.2, 0.25) is 0 Å². The van der Waals surface area contributed by atoms with E-state index in [-0.39, 0.29) is 36.2 Å². The maximum absolute atomic E-state index is 12.8. The summed E-state index contributed by atoms with van der Waals surface area (Å²) in [6.07, 6.45) is 55.9. The van der Waals surface area contributed by atoms with Crippen molar-refractivity contribution in [1.82, 2.24) is 0 Å². The van der Waals surface area contributed by atoms with Crippen LogP contribution in [0, 0.1) is 0 Å². The quantitative estimate of drug-likeness (QED) is 0.0281. The van der Waals surface area contributed by atoms with Gasteiger partial charge in [0.05, 0.1) is 34.4 Å². The van der Waals surface area contributed by atoms with E-state index in [2.05, 4.69) is 62.5 Å². The van der Waals surface area contributed by atoms with E-state index in [1.807, 2.05) is 21.1 Å². The van der Waals surface area contributed by atoms with Crippen LogP contribution in [-0.4, -0.2) is 80.6 Å². The number of rotatable bonds is 47. The molecule has 0 bridgehead atoms. The smallest absolute Gasteiger partial charge is 0.362 e. The number of aliphatic carboxylic acids is 1. The summed E-state index contributed by atoms with van der Waals surface area (Å²) in [6.45, 7) is 4.64. The van der Waals surface area contributed by atoms with Crippen molar-refractivity contribution < 1.29 is 38.2 Å². The standard InChI is InChI=1S/C55H99NO7/c1-6-8-10-12-14-16-18-20-22-24-26-27-28-30-31-33-35-37-39-41-43-45-53(57)62-50-51(49-61-48-47-52(55(59)60)56(3,4)5)63-54(58)46-44-42-40-38-36-34-32-29-25-23-21-19-17-15-13-11-9-7-2/h8,10,14,16,20,22,29,32,51-52H,6-7,9,11-13,15,17-19,21,23-28,30-31,33-50H2,1-5H3/p+1/b10-8+,16-14+,22-20+,32-29+. The lowest BCUT2D eigenvalue weighted by molar-refractivity contribution is -0.887. The molecule has 0 spiro atoms. The maximum atomic E-state index is 12.8. The number of carboxylic acid groups (broad SMARTS) is 1. The van der Waals surface area contributed by atoms with Gasteiger partial charge in [-0.15, -0.1) is 0 Å². The summed E-state index contributed by atoms with van der Waals surface area (Å²) in [5.41, 5.74) is 0. The Hall–Kier alpha value is -2.71. The zero-order valence-corrected chi connectivity index (χ0v) is 41.8. The average Bonchev–Trinajstić information content (AvgIpc) is 3.24. The van der Waals surface area contributed by atoms with Gasteiger partial charge in [0.1, 0.15) is 6.61 Å². The van der Waals surface area contributed by atoms with Crippen molar-refractivity contribution in [3.05, 3.63) is 48.6 Å². The van der Waals surface area contributed by atoms with E-state index in [0.29, 0.717) is 19.3 Å². The molecule has 0 aliphatic carbocycles. The predicted octanol–water partition coefficient (Wildman–Crippen LogP) is 15.1. The van der Waals surface area contributed by atoms with Crippen molar-refractivity contribution in [2.24, 2.45) is 0 Å². The molecule has 2 atom stereocenters. The Morgan fingerprint density at radius 1 is 0.492 bits per heavy atom. The number of likely N-dealkylation sites (N-methyl/N-ethyl adjacent to an activating group) is 1. The van der Waals surface area contributed by atoms with Crippen molar-refractivity contribution in [2.45, 2.75) is 244 Å². The highest BCUT2D eigenvalue weighted by atomic mass is 16.6. The summed E-state index contributed by atoms with van der Waals surface area (Å²) in [5, 5.41) is 9.66. The molecule has 8 heteroatoms. The fraction of sp³-hybridized carbons (Fsp3) is 0.800. The number of carboxylic acids is 1. The minimum atomic E-state index is -0.875. The highest BCUT2D eigenvalue weighted by Gasteiger charge is 2.31. The lowest BCUT2D eigenvalue weighted by Gasteiger charge is -2.31. The maximum Gasteiger partial charge on any atom is 0.362 e. The van der Waals surface area contributed by atoms with Crippen molar-refractivity contribution in [3.63, 3.8) is 0 Å². The van der Waals surface area contributed by atoms with Crippen LogP contribution in [0.25, 0.3) is 0 Å². The molecule has 0 aliphatic heterocycles. The SMILES string of the molecule is CC/C=C/C/C=C/C/C=C/CCCCCCCCCCCCCC(=O)OCC(COCCC(C(=O)O)[N+](C)(C)C)OC(=O)CCCCCCC/C=C/CCCCCCCCCCC. The molecule has 1 N–H and O–H groups in total. The Morgan fingerprint density at radius 3 is 1.33 bits per heavy atom. The number of hydrogen-bond acceptors (Lipinski definition) is 6. The number of carbonyl (C=O) groups is 3. The minimum absolute atomic E-state index is 0.0549. The molecule has 0 saturated carbocycles. The molecule has 0 radical (unpaired) electrons. The van der Waals surface area contributed by atoms with E-state index >= 15 is 0 Å². The average molecular weight is 887 g/mol. The molecular weight excluding hydrogens is 787 g/mol. The molecule has 8 nitrogen and oxygen atoms in total. The second-order valence-electron chi connectivity index (χ2n) is 18.7. The van der Waals surface area contributed by atoms with Crippen molar-refractivity contribution in [1.29, 1.82) is 0 Å².